The van der Waals surface area contributed by atoms with E-state index in [0.717, 1.165) is 24.5 Å². The van der Waals surface area contributed by atoms with Gasteiger partial charge in [-0.15, -0.1) is 10.2 Å². The van der Waals surface area contributed by atoms with Crippen LogP contribution in [0.1, 0.15) is 46.7 Å². The fourth-order valence-corrected chi connectivity index (χ4v) is 3.09. The van der Waals surface area contributed by atoms with Crippen LogP contribution in [0.25, 0.3) is 0 Å². The molecule has 0 unspecified atom stereocenters. The van der Waals surface area contributed by atoms with Crippen molar-refractivity contribution in [3.05, 3.63) is 47.9 Å². The Kier molecular flexibility index (Phi) is 3.83. The number of carbonyl (C=O) groups is 1. The number of hydrogen-bond donors (Lipinski definition) is 1. The van der Waals surface area contributed by atoms with Crippen LogP contribution >= 0.6 is 0 Å². The lowest BCUT2D eigenvalue weighted by Gasteiger charge is -2.34. The summed E-state index contributed by atoms with van der Waals surface area (Å²) in [6, 6.07) is 1.76. The zero-order valence-electron chi connectivity index (χ0n) is 14.1. The van der Waals surface area contributed by atoms with Crippen LogP contribution in [0.2, 0.25) is 0 Å². The first-order valence-electron chi connectivity index (χ1n) is 8.18. The van der Waals surface area contributed by atoms with Crippen molar-refractivity contribution in [2.45, 2.75) is 38.3 Å². The molecule has 0 atom stereocenters. The predicted octanol–water partition coefficient (Wildman–Crippen LogP) is 1.03. The zero-order chi connectivity index (χ0) is 17.4. The maximum absolute atomic E-state index is 12.1. The number of imidazole rings is 1. The highest BCUT2D eigenvalue weighted by Gasteiger charge is 2.35. The summed E-state index contributed by atoms with van der Waals surface area (Å²) in [4.78, 5) is 16.1. The van der Waals surface area contributed by atoms with Crippen LogP contribution in [0, 0.1) is 6.92 Å². The number of carbonyl (C=O) groups excluding carboxylic acids is 1. The molecule has 1 amide bonds. The van der Waals surface area contributed by atoms with Crippen molar-refractivity contribution in [3.63, 3.8) is 0 Å². The van der Waals surface area contributed by atoms with E-state index in [1.54, 1.807) is 25.5 Å². The molecule has 0 spiro atoms. The van der Waals surface area contributed by atoms with Crippen LogP contribution in [0.5, 0.6) is 0 Å². The third kappa shape index (κ3) is 3.04. The number of hydrogen-bond acceptors (Lipinski definition) is 6. The molecule has 3 aromatic rings. The molecule has 0 aromatic carbocycles. The smallest absolute Gasteiger partial charge is 0.273 e. The first-order chi connectivity index (χ1) is 12.1. The van der Waals surface area contributed by atoms with Gasteiger partial charge in [-0.2, -0.15) is 0 Å². The minimum Gasteiger partial charge on any atom is -0.361 e. The van der Waals surface area contributed by atoms with Gasteiger partial charge in [-0.05, 0) is 19.8 Å². The van der Waals surface area contributed by atoms with Gasteiger partial charge in [-0.25, -0.2) is 4.98 Å². The standard InChI is InChI=1S/C16H19N7O2/c1-10-5-13(21-25-10)16(24)18-12-6-11(7-12)15-20-19-14(22(15)2)8-23-4-3-17-9-23/h3-5,9,11-12H,6-8H2,1-2H3,(H,18,24). The van der Waals surface area contributed by atoms with E-state index in [9.17, 15) is 4.79 Å². The Labute approximate surface area is 144 Å². The highest BCUT2D eigenvalue weighted by Crippen LogP contribution is 2.36. The Morgan fingerprint density at radius 2 is 2.24 bits per heavy atom. The number of nitrogens with one attached hydrogen (secondary N) is 1. The highest BCUT2D eigenvalue weighted by molar-refractivity contribution is 5.92. The van der Waals surface area contributed by atoms with Crippen molar-refractivity contribution >= 4 is 5.91 Å². The Hall–Kier alpha value is -2.97. The quantitative estimate of drug-likeness (QED) is 0.743. The SMILES string of the molecule is Cc1cc(C(=O)NC2CC(c3nnc(Cn4ccnc4)n3C)C2)no1. The molecular formula is C16H19N7O2. The Balaban J connectivity index is 1.34. The van der Waals surface area contributed by atoms with Gasteiger partial charge in [0.1, 0.15) is 11.6 Å². The van der Waals surface area contributed by atoms with Gasteiger partial charge in [0, 0.05) is 37.5 Å². The molecule has 9 nitrogen and oxygen atoms in total. The van der Waals surface area contributed by atoms with Crippen molar-refractivity contribution in [1.29, 1.82) is 0 Å². The lowest BCUT2D eigenvalue weighted by atomic mass is 9.79. The van der Waals surface area contributed by atoms with E-state index >= 15 is 0 Å². The second kappa shape index (κ2) is 6.15. The number of aryl methyl sites for hydroxylation is 1. The molecular weight excluding hydrogens is 322 g/mol. The average molecular weight is 341 g/mol. The van der Waals surface area contributed by atoms with Crippen LogP contribution in [0.4, 0.5) is 0 Å². The molecule has 0 saturated heterocycles. The number of nitrogens with zero attached hydrogens (tertiary/aromatic N) is 6. The van der Waals surface area contributed by atoms with Crippen LogP contribution in [-0.4, -0.2) is 41.4 Å². The first-order valence-corrected chi connectivity index (χ1v) is 8.18. The summed E-state index contributed by atoms with van der Waals surface area (Å²) in [5, 5.41) is 15.3. The van der Waals surface area contributed by atoms with Crippen molar-refractivity contribution in [1.82, 2.24) is 34.8 Å². The number of rotatable bonds is 5. The highest BCUT2D eigenvalue weighted by atomic mass is 16.5. The van der Waals surface area contributed by atoms with Crippen molar-refractivity contribution < 1.29 is 9.32 Å². The Morgan fingerprint density at radius 1 is 1.40 bits per heavy atom. The monoisotopic (exact) mass is 341 g/mol. The van der Waals surface area contributed by atoms with Gasteiger partial charge in [0.25, 0.3) is 5.91 Å². The molecule has 1 aliphatic carbocycles. The molecule has 0 aliphatic heterocycles. The molecule has 1 N–H and O–H groups in total. The summed E-state index contributed by atoms with van der Waals surface area (Å²) in [5.74, 6) is 2.58. The average Bonchev–Trinajstić information content (AvgIpc) is 3.27. The van der Waals surface area contributed by atoms with E-state index in [-0.39, 0.29) is 11.9 Å². The number of amides is 1. The van der Waals surface area contributed by atoms with Gasteiger partial charge < -0.3 is 19.0 Å². The van der Waals surface area contributed by atoms with Crippen LogP contribution in [0.15, 0.2) is 29.3 Å². The van der Waals surface area contributed by atoms with Gasteiger partial charge in [0.15, 0.2) is 11.5 Å². The second-order valence-electron chi connectivity index (χ2n) is 6.43. The van der Waals surface area contributed by atoms with E-state index in [2.05, 4.69) is 25.7 Å². The molecule has 4 rings (SSSR count). The molecule has 1 fully saturated rings. The molecule has 3 heterocycles. The molecule has 0 radical (unpaired) electrons. The summed E-state index contributed by atoms with van der Waals surface area (Å²) >= 11 is 0. The van der Waals surface area contributed by atoms with Gasteiger partial charge in [0.2, 0.25) is 0 Å². The summed E-state index contributed by atoms with van der Waals surface area (Å²) in [6.07, 6.45) is 7.09. The van der Waals surface area contributed by atoms with E-state index in [0.29, 0.717) is 23.9 Å². The fraction of sp³-hybridized carbons (Fsp3) is 0.438. The van der Waals surface area contributed by atoms with Crippen molar-refractivity contribution in [3.8, 4) is 0 Å². The molecule has 1 aliphatic rings. The molecule has 3 aromatic heterocycles. The third-order valence-electron chi connectivity index (χ3n) is 4.58. The molecule has 9 heteroatoms. The van der Waals surface area contributed by atoms with Crippen molar-refractivity contribution in [2.75, 3.05) is 0 Å². The maximum Gasteiger partial charge on any atom is 0.273 e. The van der Waals surface area contributed by atoms with Gasteiger partial charge in [0.05, 0.1) is 12.9 Å². The van der Waals surface area contributed by atoms with Crippen LogP contribution in [-0.2, 0) is 13.6 Å². The molecule has 0 bridgehead atoms. The van der Waals surface area contributed by atoms with Gasteiger partial charge in [-0.1, -0.05) is 5.16 Å². The maximum atomic E-state index is 12.1. The fourth-order valence-electron chi connectivity index (χ4n) is 3.09. The van der Waals surface area contributed by atoms with E-state index < -0.39 is 0 Å². The molecule has 25 heavy (non-hydrogen) atoms. The van der Waals surface area contributed by atoms with Gasteiger partial charge >= 0.3 is 0 Å². The van der Waals surface area contributed by atoms with Gasteiger partial charge in [-0.3, -0.25) is 4.79 Å². The van der Waals surface area contributed by atoms with E-state index in [1.165, 1.54) is 0 Å². The summed E-state index contributed by atoms with van der Waals surface area (Å²) < 4.78 is 8.92. The molecule has 1 saturated carbocycles. The van der Waals surface area contributed by atoms with Crippen LogP contribution < -0.4 is 5.32 Å². The Morgan fingerprint density at radius 3 is 2.92 bits per heavy atom. The second-order valence-corrected chi connectivity index (χ2v) is 6.43. The lowest BCUT2D eigenvalue weighted by molar-refractivity contribution is 0.0897. The topological polar surface area (TPSA) is 104 Å². The predicted molar refractivity (Wildman–Crippen MR) is 86.8 cm³/mol. The largest absolute Gasteiger partial charge is 0.361 e. The Bertz CT molecular complexity index is 874. The first kappa shape index (κ1) is 15.6. The zero-order valence-corrected chi connectivity index (χ0v) is 14.1. The van der Waals surface area contributed by atoms with Crippen LogP contribution in [0.3, 0.4) is 0 Å². The van der Waals surface area contributed by atoms with Crippen molar-refractivity contribution in [2.24, 2.45) is 7.05 Å². The molecule has 130 valence electrons. The summed E-state index contributed by atoms with van der Waals surface area (Å²) in [7, 11) is 1.98. The normalized spacial score (nSPS) is 19.6. The number of aromatic nitrogens is 6. The third-order valence-corrected chi connectivity index (χ3v) is 4.58. The summed E-state index contributed by atoms with van der Waals surface area (Å²) in [6.45, 7) is 2.40. The summed E-state index contributed by atoms with van der Waals surface area (Å²) in [5.41, 5.74) is 0.322. The minimum atomic E-state index is -0.195. The lowest BCUT2D eigenvalue weighted by Crippen LogP contribution is -2.44. The minimum absolute atomic E-state index is 0.128. The van der Waals surface area contributed by atoms with E-state index in [1.807, 2.05) is 22.4 Å². The van der Waals surface area contributed by atoms with E-state index in [4.69, 9.17) is 4.52 Å².